The molecule has 0 spiro atoms. The molecule has 6 nitrogen and oxygen atoms in total. The van der Waals surface area contributed by atoms with Gasteiger partial charge in [-0.1, -0.05) is 96.8 Å². The average molecular weight is 357 g/mol. The first-order valence-electron chi connectivity index (χ1n) is 9.99. The normalized spacial score (nSPS) is 10.4. The van der Waals surface area contributed by atoms with Gasteiger partial charge in [0.15, 0.2) is 6.34 Å². The van der Waals surface area contributed by atoms with Gasteiger partial charge in [0.25, 0.3) is 0 Å². The number of hydrogen-bond acceptors (Lipinski definition) is 4. The highest BCUT2D eigenvalue weighted by atomic mass is 16.4. The maximum atomic E-state index is 10.3. The van der Waals surface area contributed by atoms with E-state index in [1.165, 1.54) is 83.5 Å². The number of carboxylic acid groups (broad SMARTS) is 1. The fraction of sp³-hybridized carbons (Fsp3) is 0.895. The summed E-state index contributed by atoms with van der Waals surface area (Å²) in [6.45, 7) is 2.27. The Labute approximate surface area is 154 Å². The summed E-state index contributed by atoms with van der Waals surface area (Å²) in [6.07, 6.45) is 21.1. The molecule has 0 fully saturated rings. The number of rotatable bonds is 17. The van der Waals surface area contributed by atoms with E-state index >= 15 is 0 Å². The molecule has 0 atom stereocenters. The number of nitrogens with one attached hydrogen (secondary N) is 1. The minimum Gasteiger partial charge on any atom is -0.481 e. The van der Waals surface area contributed by atoms with Gasteiger partial charge in [0.1, 0.15) is 0 Å². The highest BCUT2D eigenvalue weighted by molar-refractivity contribution is 5.66. The molecule has 0 aromatic carbocycles. The second kappa shape index (κ2) is 24.8. The smallest absolute Gasteiger partial charge is 0.303 e. The van der Waals surface area contributed by atoms with E-state index in [4.69, 9.17) is 10.6 Å². The molecule has 0 aliphatic carbocycles. The van der Waals surface area contributed by atoms with Gasteiger partial charge in [0.05, 0.1) is 0 Å². The maximum Gasteiger partial charge on any atom is 0.303 e. The molecule has 148 valence electrons. The molecule has 0 aliphatic heterocycles. The second-order valence-corrected chi connectivity index (χ2v) is 6.49. The van der Waals surface area contributed by atoms with Crippen LogP contribution in [0.4, 0.5) is 0 Å². The maximum absolute atomic E-state index is 10.3. The number of unbranched alkanes of at least 4 members (excludes halogenated alkanes) is 14. The van der Waals surface area contributed by atoms with E-state index in [1.807, 2.05) is 0 Å². The number of hydrogen-bond donors (Lipinski definition) is 3. The van der Waals surface area contributed by atoms with Crippen LogP contribution in [0, 0.1) is 5.53 Å². The largest absolute Gasteiger partial charge is 0.481 e. The fourth-order valence-electron chi connectivity index (χ4n) is 2.68. The first-order valence-corrected chi connectivity index (χ1v) is 9.99. The summed E-state index contributed by atoms with van der Waals surface area (Å²) in [7, 11) is 0. The van der Waals surface area contributed by atoms with E-state index in [-0.39, 0.29) is 0 Å². The van der Waals surface area contributed by atoms with Crippen LogP contribution in [0.5, 0.6) is 0 Å². The molecule has 0 saturated carbocycles. The van der Waals surface area contributed by atoms with Crippen LogP contribution < -0.4 is 5.84 Å². The average Bonchev–Trinajstić information content (AvgIpc) is 2.59. The molecule has 4 N–H and O–H groups in total. The predicted octanol–water partition coefficient (Wildman–Crippen LogP) is 6.25. The Hall–Kier alpha value is -1.46. The van der Waals surface area contributed by atoms with E-state index in [0.29, 0.717) is 6.42 Å². The quantitative estimate of drug-likeness (QED) is 0.0714. The first kappa shape index (κ1) is 25.8. The van der Waals surface area contributed by atoms with Crippen molar-refractivity contribution >= 4 is 12.3 Å². The van der Waals surface area contributed by atoms with Crippen LogP contribution in [0.3, 0.4) is 0 Å². The van der Waals surface area contributed by atoms with Crippen molar-refractivity contribution in [2.45, 2.75) is 110 Å². The van der Waals surface area contributed by atoms with Gasteiger partial charge in [-0.25, -0.2) is 5.53 Å². The van der Waals surface area contributed by atoms with Crippen molar-refractivity contribution in [1.82, 2.24) is 0 Å². The third-order valence-corrected chi connectivity index (χ3v) is 4.12. The first-order chi connectivity index (χ1) is 12.2. The van der Waals surface area contributed by atoms with Crippen LogP contribution in [0.15, 0.2) is 10.2 Å². The molecule has 0 radical (unpaired) electrons. The molecule has 25 heavy (non-hydrogen) atoms. The number of nitrogens with zero attached hydrogens (tertiary/aromatic N) is 2. The zero-order valence-electron chi connectivity index (χ0n) is 16.2. The monoisotopic (exact) mass is 356 g/mol. The second-order valence-electron chi connectivity index (χ2n) is 6.49. The number of carboxylic acids is 1. The summed E-state index contributed by atoms with van der Waals surface area (Å²) in [6, 6.07) is 0. The Morgan fingerprint density at radius 3 is 1.44 bits per heavy atom. The van der Waals surface area contributed by atoms with Gasteiger partial charge in [-0.2, -0.15) is 5.10 Å². The Kier molecular flexibility index (Phi) is 25.6. The molecular weight excluding hydrogens is 316 g/mol. The topological polar surface area (TPSA) is 112 Å². The summed E-state index contributed by atoms with van der Waals surface area (Å²) in [4.78, 5) is 10.3. The van der Waals surface area contributed by atoms with Crippen molar-refractivity contribution in [2.24, 2.45) is 16.1 Å². The SMILES string of the molecule is CCCCCCCCCCCCCCCCCC(=O)O.N=NC=NN. The highest BCUT2D eigenvalue weighted by Gasteiger charge is 1.97. The molecule has 6 heteroatoms. The molecule has 0 amide bonds. The van der Waals surface area contributed by atoms with Gasteiger partial charge in [-0.05, 0) is 6.42 Å². The summed E-state index contributed by atoms with van der Waals surface area (Å²) in [5, 5.41) is 14.1. The minimum absolute atomic E-state index is 0.345. The summed E-state index contributed by atoms with van der Waals surface area (Å²) in [5.41, 5.74) is 6.00. The number of nitrogens with two attached hydrogens (primary N) is 1. The van der Waals surface area contributed by atoms with E-state index in [1.54, 1.807) is 0 Å². The molecular formula is C19H40N4O2. The highest BCUT2D eigenvalue weighted by Crippen LogP contribution is 2.13. The molecule has 0 unspecified atom stereocenters. The van der Waals surface area contributed by atoms with E-state index in [2.05, 4.69) is 23.0 Å². The molecule has 0 saturated heterocycles. The van der Waals surface area contributed by atoms with Crippen molar-refractivity contribution in [2.75, 3.05) is 0 Å². The fourth-order valence-corrected chi connectivity index (χ4v) is 2.68. The Morgan fingerprint density at radius 1 is 0.840 bits per heavy atom. The summed E-state index contributed by atoms with van der Waals surface area (Å²) < 4.78 is 0. The molecule has 0 rings (SSSR count). The van der Waals surface area contributed by atoms with Gasteiger partial charge < -0.3 is 10.9 Å². The van der Waals surface area contributed by atoms with E-state index in [9.17, 15) is 4.79 Å². The van der Waals surface area contributed by atoms with Gasteiger partial charge in [-0.3, -0.25) is 4.79 Å². The number of hydrazone groups is 1. The van der Waals surface area contributed by atoms with Crippen molar-refractivity contribution in [1.29, 1.82) is 5.53 Å². The van der Waals surface area contributed by atoms with Crippen molar-refractivity contribution in [3.63, 3.8) is 0 Å². The van der Waals surface area contributed by atoms with Crippen LogP contribution >= 0.6 is 0 Å². The van der Waals surface area contributed by atoms with Gasteiger partial charge in [-0.15, -0.1) is 5.11 Å². The number of carbonyl (C=O) groups is 1. The van der Waals surface area contributed by atoms with Gasteiger partial charge in [0, 0.05) is 6.42 Å². The van der Waals surface area contributed by atoms with Crippen LogP contribution in [-0.4, -0.2) is 17.4 Å². The van der Waals surface area contributed by atoms with Gasteiger partial charge >= 0.3 is 5.97 Å². The molecule has 0 heterocycles. The lowest BCUT2D eigenvalue weighted by atomic mass is 10.0. The standard InChI is InChI=1S/C18H36O2.CH4N4/c1-2-3-4-5-6-7-8-9-10-11-12-13-14-15-16-17-18(19)20;2-4-1-5-3/h2-17H2,1H3,(H,19,20);1-2H,3H2. The molecule has 0 aromatic heterocycles. The molecule has 0 bridgehead atoms. The van der Waals surface area contributed by atoms with Crippen molar-refractivity contribution < 1.29 is 9.90 Å². The molecule has 0 aromatic rings. The van der Waals surface area contributed by atoms with Gasteiger partial charge in [0.2, 0.25) is 0 Å². The van der Waals surface area contributed by atoms with Crippen LogP contribution in [0.1, 0.15) is 110 Å². The lowest BCUT2D eigenvalue weighted by Gasteiger charge is -2.03. The Balaban J connectivity index is 0. The van der Waals surface area contributed by atoms with E-state index < -0.39 is 5.97 Å². The van der Waals surface area contributed by atoms with Crippen molar-refractivity contribution in [3.05, 3.63) is 0 Å². The summed E-state index contributed by atoms with van der Waals surface area (Å²) in [5.74, 6) is 3.84. The zero-order valence-corrected chi connectivity index (χ0v) is 16.2. The van der Waals surface area contributed by atoms with Crippen molar-refractivity contribution in [3.8, 4) is 0 Å². The Bertz CT molecular complexity index is 310. The van der Waals surface area contributed by atoms with E-state index in [0.717, 1.165) is 19.2 Å². The Morgan fingerprint density at radius 2 is 1.20 bits per heavy atom. The zero-order chi connectivity index (χ0) is 19.0. The predicted molar refractivity (Wildman–Crippen MR) is 105 cm³/mol. The lowest BCUT2D eigenvalue weighted by Crippen LogP contribution is -1.93. The third kappa shape index (κ3) is 30.9. The third-order valence-electron chi connectivity index (χ3n) is 4.12. The van der Waals surface area contributed by atoms with Crippen LogP contribution in [0.25, 0.3) is 0 Å². The summed E-state index contributed by atoms with van der Waals surface area (Å²) >= 11 is 0. The molecule has 0 aliphatic rings. The van der Waals surface area contributed by atoms with Crippen LogP contribution in [0.2, 0.25) is 0 Å². The van der Waals surface area contributed by atoms with Crippen LogP contribution in [-0.2, 0) is 4.79 Å². The lowest BCUT2D eigenvalue weighted by molar-refractivity contribution is -0.137. The number of aliphatic carboxylic acids is 1. The minimum atomic E-state index is -0.653.